The molecule has 0 aliphatic heterocycles. The lowest BCUT2D eigenvalue weighted by Gasteiger charge is -2.26. The molecule has 2 aliphatic rings. The number of benzene rings is 1. The van der Waals surface area contributed by atoms with Gasteiger partial charge in [0, 0.05) is 12.5 Å². The van der Waals surface area contributed by atoms with Gasteiger partial charge in [0.05, 0.1) is 6.04 Å². The van der Waals surface area contributed by atoms with Crippen molar-refractivity contribution in [2.45, 2.75) is 63.5 Å². The summed E-state index contributed by atoms with van der Waals surface area (Å²) in [5.74, 6) is 0.538. The maximum atomic E-state index is 13.6. The van der Waals surface area contributed by atoms with Gasteiger partial charge in [-0.05, 0) is 55.2 Å². The molecule has 2 aliphatic carbocycles. The van der Waals surface area contributed by atoms with E-state index in [4.69, 9.17) is 5.73 Å². The van der Waals surface area contributed by atoms with Gasteiger partial charge >= 0.3 is 0 Å². The first kappa shape index (κ1) is 16.4. The fourth-order valence-electron chi connectivity index (χ4n) is 4.25. The lowest BCUT2D eigenvalue weighted by Crippen LogP contribution is -2.36. The Morgan fingerprint density at radius 3 is 2.65 bits per heavy atom. The molecule has 1 aromatic rings. The van der Waals surface area contributed by atoms with Crippen molar-refractivity contribution in [1.82, 2.24) is 5.32 Å². The molecule has 0 aromatic heterocycles. The molecule has 0 radical (unpaired) electrons. The third kappa shape index (κ3) is 4.11. The van der Waals surface area contributed by atoms with Gasteiger partial charge in [0.25, 0.3) is 0 Å². The third-order valence-electron chi connectivity index (χ3n) is 5.56. The highest BCUT2D eigenvalue weighted by molar-refractivity contribution is 5.77. The highest BCUT2D eigenvalue weighted by Crippen LogP contribution is 2.36. The van der Waals surface area contributed by atoms with E-state index in [0.717, 1.165) is 37.7 Å². The summed E-state index contributed by atoms with van der Waals surface area (Å²) >= 11 is 0. The molecule has 4 heteroatoms. The maximum absolute atomic E-state index is 13.6. The van der Waals surface area contributed by atoms with E-state index >= 15 is 0 Å². The van der Waals surface area contributed by atoms with Crippen LogP contribution in [0.15, 0.2) is 24.3 Å². The second-order valence-electron chi connectivity index (χ2n) is 7.20. The molecule has 3 nitrogen and oxygen atoms in total. The van der Waals surface area contributed by atoms with Gasteiger partial charge in [-0.15, -0.1) is 0 Å². The Labute approximate surface area is 137 Å². The van der Waals surface area contributed by atoms with Crippen LogP contribution >= 0.6 is 0 Å². The minimum absolute atomic E-state index is 0.0634. The topological polar surface area (TPSA) is 55.1 Å². The number of amides is 1. The maximum Gasteiger partial charge on any atom is 0.220 e. The number of rotatable bonds is 5. The fourth-order valence-corrected chi connectivity index (χ4v) is 4.25. The van der Waals surface area contributed by atoms with Crippen molar-refractivity contribution in [2.24, 2.45) is 17.6 Å². The van der Waals surface area contributed by atoms with Crippen LogP contribution < -0.4 is 11.1 Å². The lowest BCUT2D eigenvalue weighted by atomic mass is 9.90. The Morgan fingerprint density at radius 1 is 1.22 bits per heavy atom. The summed E-state index contributed by atoms with van der Waals surface area (Å²) < 4.78 is 13.6. The van der Waals surface area contributed by atoms with Gasteiger partial charge in [0.15, 0.2) is 0 Å². The number of hydrogen-bond donors (Lipinski definition) is 2. The van der Waals surface area contributed by atoms with Crippen molar-refractivity contribution in [2.75, 3.05) is 0 Å². The second-order valence-corrected chi connectivity index (χ2v) is 7.20. The molecule has 0 saturated heterocycles. The number of carbonyl (C=O) groups excluding carboxylic acids is 1. The minimum Gasteiger partial charge on any atom is -0.349 e. The van der Waals surface area contributed by atoms with Crippen molar-refractivity contribution in [3.8, 4) is 0 Å². The predicted octanol–water partition coefficient (Wildman–Crippen LogP) is 3.69. The van der Waals surface area contributed by atoms with Crippen LogP contribution in [0, 0.1) is 17.7 Å². The van der Waals surface area contributed by atoms with E-state index in [9.17, 15) is 9.18 Å². The Bertz CT molecular complexity index is 542. The summed E-state index contributed by atoms with van der Waals surface area (Å²) in [6, 6.07) is 6.75. The molecule has 0 spiro atoms. The lowest BCUT2D eigenvalue weighted by molar-refractivity contribution is -0.123. The zero-order chi connectivity index (χ0) is 16.2. The number of carbonyl (C=O) groups is 1. The zero-order valence-electron chi connectivity index (χ0n) is 13.6. The Hall–Kier alpha value is -1.42. The summed E-state index contributed by atoms with van der Waals surface area (Å²) in [5.41, 5.74) is 6.97. The molecule has 126 valence electrons. The van der Waals surface area contributed by atoms with Crippen molar-refractivity contribution in [3.63, 3.8) is 0 Å². The molecule has 1 aromatic carbocycles. The highest BCUT2D eigenvalue weighted by atomic mass is 19.1. The van der Waals surface area contributed by atoms with Crippen LogP contribution in [0.4, 0.5) is 4.39 Å². The summed E-state index contributed by atoms with van der Waals surface area (Å²) in [6.07, 6.45) is 8.28. The Kier molecular flexibility index (Phi) is 5.31. The SMILES string of the molecule is N[C@@H]1CCC[C@H]1CC(=O)NC(c1cccc(F)c1)C1CCCC1. The van der Waals surface area contributed by atoms with Gasteiger partial charge in [-0.2, -0.15) is 0 Å². The first-order valence-electron chi connectivity index (χ1n) is 8.94. The van der Waals surface area contributed by atoms with E-state index in [1.165, 1.54) is 18.9 Å². The fraction of sp³-hybridized carbons (Fsp3) is 0.632. The molecule has 0 bridgehead atoms. The standard InChI is InChI=1S/C19H27FN2O/c20-16-9-3-8-15(11-16)19(13-5-1-2-6-13)22-18(23)12-14-7-4-10-17(14)21/h3,8-9,11,13-14,17,19H,1-2,4-7,10,12,21H2,(H,22,23)/t14-,17+,19?/m0/s1. The molecule has 1 unspecified atom stereocenters. The monoisotopic (exact) mass is 318 g/mol. The van der Waals surface area contributed by atoms with Gasteiger partial charge in [0.1, 0.15) is 5.82 Å². The van der Waals surface area contributed by atoms with Crippen molar-refractivity contribution in [1.29, 1.82) is 0 Å². The van der Waals surface area contributed by atoms with Crippen LogP contribution in [0.3, 0.4) is 0 Å². The molecule has 0 heterocycles. The van der Waals surface area contributed by atoms with Crippen molar-refractivity contribution < 1.29 is 9.18 Å². The number of nitrogens with two attached hydrogens (primary N) is 1. The Balaban J connectivity index is 1.69. The van der Waals surface area contributed by atoms with Gasteiger partial charge in [-0.25, -0.2) is 4.39 Å². The smallest absolute Gasteiger partial charge is 0.220 e. The van der Waals surface area contributed by atoms with E-state index in [-0.39, 0.29) is 23.8 Å². The average molecular weight is 318 g/mol. The van der Waals surface area contributed by atoms with Crippen LogP contribution in [0.25, 0.3) is 0 Å². The molecule has 2 saturated carbocycles. The van der Waals surface area contributed by atoms with Gasteiger partial charge in [0.2, 0.25) is 5.91 Å². The molecular formula is C19H27FN2O. The van der Waals surface area contributed by atoms with E-state index in [0.29, 0.717) is 18.3 Å². The van der Waals surface area contributed by atoms with Gasteiger partial charge < -0.3 is 11.1 Å². The molecule has 3 rings (SSSR count). The summed E-state index contributed by atoms with van der Waals surface area (Å²) in [7, 11) is 0. The number of halogens is 1. The largest absolute Gasteiger partial charge is 0.349 e. The quantitative estimate of drug-likeness (QED) is 0.870. The molecule has 23 heavy (non-hydrogen) atoms. The zero-order valence-corrected chi connectivity index (χ0v) is 13.6. The normalized spacial score (nSPS) is 26.3. The molecular weight excluding hydrogens is 291 g/mol. The predicted molar refractivity (Wildman–Crippen MR) is 89.2 cm³/mol. The molecule has 3 atom stereocenters. The van der Waals surface area contributed by atoms with Gasteiger partial charge in [-0.1, -0.05) is 31.4 Å². The van der Waals surface area contributed by atoms with Crippen LogP contribution in [-0.2, 0) is 4.79 Å². The second kappa shape index (κ2) is 7.43. The number of hydrogen-bond acceptors (Lipinski definition) is 2. The van der Waals surface area contributed by atoms with Crippen LogP contribution in [0.1, 0.15) is 63.0 Å². The third-order valence-corrected chi connectivity index (χ3v) is 5.56. The van der Waals surface area contributed by atoms with E-state index in [1.54, 1.807) is 12.1 Å². The molecule has 1 amide bonds. The average Bonchev–Trinajstić information content (AvgIpc) is 3.17. The summed E-state index contributed by atoms with van der Waals surface area (Å²) in [6.45, 7) is 0. The van der Waals surface area contributed by atoms with E-state index < -0.39 is 0 Å². The summed E-state index contributed by atoms with van der Waals surface area (Å²) in [5, 5.41) is 3.19. The Morgan fingerprint density at radius 2 is 2.00 bits per heavy atom. The first-order chi connectivity index (χ1) is 11.1. The van der Waals surface area contributed by atoms with Crippen LogP contribution in [0.2, 0.25) is 0 Å². The highest BCUT2D eigenvalue weighted by Gasteiger charge is 2.30. The van der Waals surface area contributed by atoms with E-state index in [2.05, 4.69) is 5.32 Å². The van der Waals surface area contributed by atoms with Crippen LogP contribution in [-0.4, -0.2) is 11.9 Å². The van der Waals surface area contributed by atoms with E-state index in [1.807, 2.05) is 6.07 Å². The van der Waals surface area contributed by atoms with Gasteiger partial charge in [-0.3, -0.25) is 4.79 Å². The van der Waals surface area contributed by atoms with Crippen molar-refractivity contribution in [3.05, 3.63) is 35.6 Å². The first-order valence-corrected chi connectivity index (χ1v) is 8.94. The molecule has 3 N–H and O–H groups in total. The minimum atomic E-state index is -0.238. The number of nitrogens with one attached hydrogen (secondary N) is 1. The summed E-state index contributed by atoms with van der Waals surface area (Å²) in [4.78, 5) is 12.5. The molecule has 2 fully saturated rings. The van der Waals surface area contributed by atoms with Crippen molar-refractivity contribution >= 4 is 5.91 Å². The van der Waals surface area contributed by atoms with Crippen LogP contribution in [0.5, 0.6) is 0 Å².